The largest absolute Gasteiger partial charge is 0.417 e. The first-order valence-electron chi connectivity index (χ1n) is 6.38. The number of likely N-dealkylation sites (tertiary alicyclic amines) is 1. The van der Waals surface area contributed by atoms with E-state index in [0.717, 1.165) is 18.6 Å². The summed E-state index contributed by atoms with van der Waals surface area (Å²) in [5, 5.41) is 11.1. The summed E-state index contributed by atoms with van der Waals surface area (Å²) in [6.45, 7) is 0.304. The van der Waals surface area contributed by atoms with Crippen LogP contribution in [-0.2, 0) is 6.18 Å². The fourth-order valence-corrected chi connectivity index (χ4v) is 2.53. The predicted molar refractivity (Wildman–Crippen MR) is 72.3 cm³/mol. The molecule has 2 rings (SSSR count). The molecule has 0 spiro atoms. The molecule has 0 bridgehead atoms. The molecule has 21 heavy (non-hydrogen) atoms. The molecule has 0 aromatic heterocycles. The smallest absolute Gasteiger partial charge is 0.394 e. The molecule has 2 N–H and O–H groups in total. The molecule has 116 valence electrons. The molecular formula is C13H14ClF3N2O2. The van der Waals surface area contributed by atoms with E-state index in [4.69, 9.17) is 16.7 Å². The van der Waals surface area contributed by atoms with Gasteiger partial charge in [-0.2, -0.15) is 13.2 Å². The zero-order valence-corrected chi connectivity index (χ0v) is 11.7. The van der Waals surface area contributed by atoms with E-state index in [1.165, 1.54) is 11.0 Å². The summed E-state index contributed by atoms with van der Waals surface area (Å²) in [5.74, 6) is 0. The highest BCUT2D eigenvalue weighted by Gasteiger charge is 2.34. The van der Waals surface area contributed by atoms with Gasteiger partial charge in [0.25, 0.3) is 0 Å². The molecule has 4 nitrogen and oxygen atoms in total. The van der Waals surface area contributed by atoms with Crippen LogP contribution in [0, 0.1) is 0 Å². The third kappa shape index (κ3) is 3.59. The van der Waals surface area contributed by atoms with Crippen molar-refractivity contribution in [1.82, 2.24) is 4.90 Å². The van der Waals surface area contributed by atoms with Crippen LogP contribution in [0.4, 0.5) is 23.7 Å². The average Bonchev–Trinajstić information content (AvgIpc) is 2.88. The van der Waals surface area contributed by atoms with E-state index in [1.54, 1.807) is 0 Å². The van der Waals surface area contributed by atoms with Crippen LogP contribution < -0.4 is 5.32 Å². The number of aliphatic hydroxyl groups is 1. The Morgan fingerprint density at radius 2 is 2.19 bits per heavy atom. The quantitative estimate of drug-likeness (QED) is 0.877. The SMILES string of the molecule is O=C(Nc1ccc(Cl)c(C(F)(F)F)c1)N1CCC[C@H]1CO. The number of nitrogens with one attached hydrogen (secondary N) is 1. The van der Waals surface area contributed by atoms with Gasteiger partial charge in [0, 0.05) is 12.2 Å². The molecule has 0 saturated carbocycles. The summed E-state index contributed by atoms with van der Waals surface area (Å²) in [6.07, 6.45) is -3.15. The van der Waals surface area contributed by atoms with E-state index in [9.17, 15) is 18.0 Å². The highest BCUT2D eigenvalue weighted by molar-refractivity contribution is 6.31. The number of nitrogens with zero attached hydrogens (tertiary/aromatic N) is 1. The second kappa shape index (κ2) is 6.11. The maximum Gasteiger partial charge on any atom is 0.417 e. The van der Waals surface area contributed by atoms with E-state index in [1.807, 2.05) is 0 Å². The van der Waals surface area contributed by atoms with Crippen LogP contribution in [0.15, 0.2) is 18.2 Å². The number of urea groups is 1. The lowest BCUT2D eigenvalue weighted by Crippen LogP contribution is -2.40. The van der Waals surface area contributed by atoms with Crippen LogP contribution in [0.2, 0.25) is 5.02 Å². The summed E-state index contributed by atoms with van der Waals surface area (Å²) < 4.78 is 38.2. The molecule has 0 radical (unpaired) electrons. The average molecular weight is 323 g/mol. The number of rotatable bonds is 2. The lowest BCUT2D eigenvalue weighted by atomic mass is 10.2. The van der Waals surface area contributed by atoms with Gasteiger partial charge in [0.15, 0.2) is 0 Å². The minimum absolute atomic E-state index is 0.0142. The predicted octanol–water partition coefficient (Wildman–Crippen LogP) is 3.35. The molecular weight excluding hydrogens is 309 g/mol. The Labute approximate surface area is 124 Å². The third-order valence-electron chi connectivity index (χ3n) is 3.37. The van der Waals surface area contributed by atoms with Gasteiger partial charge in [-0.3, -0.25) is 0 Å². The molecule has 0 unspecified atom stereocenters. The van der Waals surface area contributed by atoms with Gasteiger partial charge in [0.2, 0.25) is 0 Å². The minimum Gasteiger partial charge on any atom is -0.394 e. The Morgan fingerprint density at radius 1 is 1.48 bits per heavy atom. The molecule has 8 heteroatoms. The first kappa shape index (κ1) is 15.9. The maximum absolute atomic E-state index is 12.7. The van der Waals surface area contributed by atoms with E-state index in [2.05, 4.69) is 5.32 Å². The molecule has 1 heterocycles. The highest BCUT2D eigenvalue weighted by atomic mass is 35.5. The van der Waals surface area contributed by atoms with Crippen LogP contribution in [-0.4, -0.2) is 35.2 Å². The van der Waals surface area contributed by atoms with Crippen LogP contribution in [0.1, 0.15) is 18.4 Å². The number of hydrogen-bond donors (Lipinski definition) is 2. The summed E-state index contributed by atoms with van der Waals surface area (Å²) in [6, 6.07) is 2.37. The van der Waals surface area contributed by atoms with Crippen molar-refractivity contribution in [3.05, 3.63) is 28.8 Å². The summed E-state index contributed by atoms with van der Waals surface area (Å²) in [7, 11) is 0. The van der Waals surface area contributed by atoms with Gasteiger partial charge in [-0.15, -0.1) is 0 Å². The molecule has 1 aromatic rings. The third-order valence-corrected chi connectivity index (χ3v) is 3.70. The van der Waals surface area contributed by atoms with Crippen LogP contribution in [0.3, 0.4) is 0 Å². The Morgan fingerprint density at radius 3 is 2.81 bits per heavy atom. The van der Waals surface area contributed by atoms with Crippen molar-refractivity contribution in [3.63, 3.8) is 0 Å². The molecule has 1 aromatic carbocycles. The Balaban J connectivity index is 2.15. The van der Waals surface area contributed by atoms with E-state index >= 15 is 0 Å². The molecule has 1 fully saturated rings. The number of carbonyl (C=O) groups is 1. The summed E-state index contributed by atoms with van der Waals surface area (Å²) >= 11 is 5.51. The number of carbonyl (C=O) groups excluding carboxylic acids is 1. The summed E-state index contributed by atoms with van der Waals surface area (Å²) in [5.41, 5.74) is -0.984. The van der Waals surface area contributed by atoms with Crippen molar-refractivity contribution >= 4 is 23.3 Å². The van der Waals surface area contributed by atoms with Crippen molar-refractivity contribution in [2.75, 3.05) is 18.5 Å². The standard InChI is InChI=1S/C13H14ClF3N2O2/c14-11-4-3-8(6-10(11)13(15,16)17)18-12(21)19-5-1-2-9(19)7-20/h3-4,6,9,20H,1-2,5,7H2,(H,18,21)/t9-/m0/s1. The molecule has 2 amide bonds. The second-order valence-corrected chi connectivity index (χ2v) is 5.20. The fraction of sp³-hybridized carbons (Fsp3) is 0.462. The molecule has 1 aliphatic heterocycles. The number of hydrogen-bond acceptors (Lipinski definition) is 2. The topological polar surface area (TPSA) is 52.6 Å². The molecule has 1 saturated heterocycles. The number of aliphatic hydroxyl groups excluding tert-OH is 1. The first-order chi connectivity index (χ1) is 9.82. The lowest BCUT2D eigenvalue weighted by molar-refractivity contribution is -0.137. The molecule has 1 aliphatic rings. The van der Waals surface area contributed by atoms with Gasteiger partial charge in [0.1, 0.15) is 0 Å². The van der Waals surface area contributed by atoms with Crippen molar-refractivity contribution in [2.45, 2.75) is 25.1 Å². The van der Waals surface area contributed by atoms with Crippen LogP contribution in [0.5, 0.6) is 0 Å². The van der Waals surface area contributed by atoms with Crippen molar-refractivity contribution in [1.29, 1.82) is 0 Å². The van der Waals surface area contributed by atoms with Crippen molar-refractivity contribution in [2.24, 2.45) is 0 Å². The van der Waals surface area contributed by atoms with Gasteiger partial charge in [-0.1, -0.05) is 11.6 Å². The van der Waals surface area contributed by atoms with Crippen LogP contribution >= 0.6 is 11.6 Å². The van der Waals surface area contributed by atoms with E-state index < -0.39 is 22.8 Å². The monoisotopic (exact) mass is 322 g/mol. The van der Waals surface area contributed by atoms with Gasteiger partial charge in [0.05, 0.1) is 23.2 Å². The van der Waals surface area contributed by atoms with Crippen molar-refractivity contribution in [3.8, 4) is 0 Å². The molecule has 0 aliphatic carbocycles. The van der Waals surface area contributed by atoms with E-state index in [0.29, 0.717) is 13.0 Å². The Bertz CT molecular complexity index is 537. The van der Waals surface area contributed by atoms with Gasteiger partial charge in [-0.05, 0) is 31.0 Å². The van der Waals surface area contributed by atoms with Gasteiger partial charge < -0.3 is 15.3 Å². The fourth-order valence-electron chi connectivity index (χ4n) is 2.31. The number of anilines is 1. The minimum atomic E-state index is -4.58. The normalized spacial score (nSPS) is 18.9. The van der Waals surface area contributed by atoms with E-state index in [-0.39, 0.29) is 18.3 Å². The Hall–Kier alpha value is -1.47. The maximum atomic E-state index is 12.7. The summed E-state index contributed by atoms with van der Waals surface area (Å²) in [4.78, 5) is 13.4. The van der Waals surface area contributed by atoms with Crippen molar-refractivity contribution < 1.29 is 23.1 Å². The lowest BCUT2D eigenvalue weighted by Gasteiger charge is -2.23. The number of benzene rings is 1. The Kier molecular flexibility index (Phi) is 4.63. The second-order valence-electron chi connectivity index (χ2n) is 4.79. The number of alkyl halides is 3. The first-order valence-corrected chi connectivity index (χ1v) is 6.76. The zero-order chi connectivity index (χ0) is 15.6. The van der Waals surface area contributed by atoms with Crippen LogP contribution in [0.25, 0.3) is 0 Å². The number of amides is 2. The molecule has 1 atom stereocenters. The van der Waals surface area contributed by atoms with Gasteiger partial charge >= 0.3 is 12.2 Å². The van der Waals surface area contributed by atoms with Gasteiger partial charge in [-0.25, -0.2) is 4.79 Å². The number of halogens is 4. The highest BCUT2D eigenvalue weighted by Crippen LogP contribution is 2.36. The zero-order valence-electron chi connectivity index (χ0n) is 11.0.